The number of amides is 1. The largest absolute Gasteiger partial charge is 0.476 e. The Morgan fingerprint density at radius 3 is 2.73 bits per heavy atom. The van der Waals surface area contributed by atoms with Gasteiger partial charge in [0.25, 0.3) is 0 Å². The highest BCUT2D eigenvalue weighted by molar-refractivity contribution is 7.98. The molecule has 0 saturated carbocycles. The van der Waals surface area contributed by atoms with Gasteiger partial charge in [-0.05, 0) is 24.5 Å². The minimum absolute atomic E-state index is 0.0446. The zero-order chi connectivity index (χ0) is 16.1. The molecular weight excluding hydrogens is 302 g/mol. The Balaban J connectivity index is 2.26. The molecule has 2 rings (SSSR count). The Kier molecular flexibility index (Phi) is 5.21. The third-order valence-corrected chi connectivity index (χ3v) is 3.91. The van der Waals surface area contributed by atoms with E-state index in [4.69, 9.17) is 5.11 Å². The number of thioether (sulfide) groups is 1. The summed E-state index contributed by atoms with van der Waals surface area (Å²) in [6.07, 6.45) is 3.51. The normalized spacial score (nSPS) is 11.9. The molecule has 1 aromatic carbocycles. The molecule has 2 N–H and O–H groups in total. The number of hydrogen-bond acceptors (Lipinski definition) is 4. The predicted octanol–water partition coefficient (Wildman–Crippen LogP) is 2.51. The number of carboxylic acids is 1. The minimum Gasteiger partial charge on any atom is -0.476 e. The van der Waals surface area contributed by atoms with Gasteiger partial charge in [-0.25, -0.2) is 9.48 Å². The number of para-hydroxylation sites is 2. The van der Waals surface area contributed by atoms with Crippen LogP contribution in [0.3, 0.4) is 0 Å². The highest BCUT2D eigenvalue weighted by atomic mass is 32.2. The molecule has 6 nitrogen and oxygen atoms in total. The number of hydrogen-bond donors (Lipinski definition) is 2. The summed E-state index contributed by atoms with van der Waals surface area (Å²) >= 11 is 1.61. The number of rotatable bonds is 6. The maximum atomic E-state index is 12.2. The van der Waals surface area contributed by atoms with Gasteiger partial charge in [0.15, 0.2) is 5.69 Å². The molecule has 1 heterocycles. The molecule has 0 saturated heterocycles. The van der Waals surface area contributed by atoms with Crippen molar-refractivity contribution in [1.29, 1.82) is 0 Å². The lowest BCUT2D eigenvalue weighted by Gasteiger charge is -2.14. The van der Waals surface area contributed by atoms with Crippen LogP contribution >= 0.6 is 11.8 Å². The Morgan fingerprint density at radius 2 is 2.09 bits per heavy atom. The Morgan fingerprint density at radius 1 is 1.36 bits per heavy atom. The van der Waals surface area contributed by atoms with Crippen LogP contribution in [-0.2, 0) is 4.79 Å². The van der Waals surface area contributed by atoms with E-state index in [1.165, 1.54) is 10.7 Å². The van der Waals surface area contributed by atoms with Crippen LogP contribution in [0.4, 0.5) is 5.69 Å². The molecule has 7 heteroatoms. The molecule has 1 amide bonds. The number of carbonyl (C=O) groups is 2. The number of aromatic nitrogens is 2. The predicted molar refractivity (Wildman–Crippen MR) is 86.7 cm³/mol. The number of nitrogens with zero attached hydrogens (tertiary/aromatic N) is 2. The highest BCUT2D eigenvalue weighted by Gasteiger charge is 2.15. The van der Waals surface area contributed by atoms with E-state index in [0.717, 1.165) is 5.75 Å². The average Bonchev–Trinajstić information content (AvgIpc) is 2.98. The monoisotopic (exact) mass is 319 g/mol. The lowest BCUT2D eigenvalue weighted by atomic mass is 10.2. The van der Waals surface area contributed by atoms with E-state index < -0.39 is 5.97 Å². The molecule has 0 aliphatic carbocycles. The summed E-state index contributed by atoms with van der Waals surface area (Å²) in [5, 5.41) is 15.8. The number of anilines is 1. The van der Waals surface area contributed by atoms with Crippen LogP contribution in [0.5, 0.6) is 0 Å². The molecule has 0 spiro atoms. The third kappa shape index (κ3) is 3.67. The fourth-order valence-electron chi connectivity index (χ4n) is 1.93. The van der Waals surface area contributed by atoms with Gasteiger partial charge in [0.05, 0.1) is 11.4 Å². The molecule has 116 valence electrons. The number of carboxylic acid groups (broad SMARTS) is 1. The van der Waals surface area contributed by atoms with Crippen molar-refractivity contribution in [2.45, 2.75) is 6.92 Å². The number of carbonyl (C=O) groups excluding carboxylic acids is 1. The summed E-state index contributed by atoms with van der Waals surface area (Å²) in [5.74, 6) is -0.546. The topological polar surface area (TPSA) is 84.2 Å². The number of nitrogens with one attached hydrogen (secondary N) is 1. The first-order valence-corrected chi connectivity index (χ1v) is 8.10. The maximum Gasteiger partial charge on any atom is 0.356 e. The Labute approximate surface area is 132 Å². The molecule has 0 bridgehead atoms. The Bertz CT molecular complexity index is 684. The van der Waals surface area contributed by atoms with Crippen LogP contribution in [-0.4, -0.2) is 38.8 Å². The number of benzene rings is 1. The van der Waals surface area contributed by atoms with E-state index in [9.17, 15) is 9.59 Å². The van der Waals surface area contributed by atoms with E-state index in [-0.39, 0.29) is 17.5 Å². The van der Waals surface area contributed by atoms with Crippen LogP contribution in [0.25, 0.3) is 5.69 Å². The van der Waals surface area contributed by atoms with Crippen molar-refractivity contribution in [3.63, 3.8) is 0 Å². The van der Waals surface area contributed by atoms with Gasteiger partial charge in [-0.1, -0.05) is 19.1 Å². The first kappa shape index (κ1) is 16.1. The second kappa shape index (κ2) is 7.13. The van der Waals surface area contributed by atoms with Crippen molar-refractivity contribution in [2.75, 3.05) is 17.3 Å². The average molecular weight is 319 g/mol. The molecule has 22 heavy (non-hydrogen) atoms. The first-order chi connectivity index (χ1) is 10.5. The second-order valence-electron chi connectivity index (χ2n) is 4.81. The lowest BCUT2D eigenvalue weighted by Crippen LogP contribution is -2.23. The summed E-state index contributed by atoms with van der Waals surface area (Å²) in [6.45, 7) is 1.87. The van der Waals surface area contributed by atoms with Crippen molar-refractivity contribution in [3.8, 4) is 5.69 Å². The van der Waals surface area contributed by atoms with Gasteiger partial charge in [0.2, 0.25) is 5.91 Å². The molecule has 0 radical (unpaired) electrons. The van der Waals surface area contributed by atoms with Crippen LogP contribution in [0.2, 0.25) is 0 Å². The summed E-state index contributed by atoms with van der Waals surface area (Å²) in [5.41, 5.74) is 1.18. The Hall–Kier alpha value is -2.28. The molecule has 0 aliphatic heterocycles. The summed E-state index contributed by atoms with van der Waals surface area (Å²) in [7, 11) is 0. The molecule has 1 unspecified atom stereocenters. The van der Waals surface area contributed by atoms with E-state index in [0.29, 0.717) is 11.4 Å². The van der Waals surface area contributed by atoms with Crippen molar-refractivity contribution in [1.82, 2.24) is 9.78 Å². The van der Waals surface area contributed by atoms with E-state index in [1.54, 1.807) is 42.2 Å². The third-order valence-electron chi connectivity index (χ3n) is 3.08. The molecule has 2 aromatic rings. The lowest BCUT2D eigenvalue weighted by molar-refractivity contribution is -0.118. The van der Waals surface area contributed by atoms with E-state index in [1.807, 2.05) is 13.2 Å². The fourth-order valence-corrected chi connectivity index (χ4v) is 2.58. The van der Waals surface area contributed by atoms with Crippen LogP contribution < -0.4 is 5.32 Å². The second-order valence-corrected chi connectivity index (χ2v) is 5.72. The minimum atomic E-state index is -1.09. The van der Waals surface area contributed by atoms with Gasteiger partial charge in [-0.3, -0.25) is 4.79 Å². The quantitative estimate of drug-likeness (QED) is 0.854. The van der Waals surface area contributed by atoms with Gasteiger partial charge in [0, 0.05) is 17.9 Å². The van der Waals surface area contributed by atoms with Crippen molar-refractivity contribution in [3.05, 3.63) is 42.2 Å². The van der Waals surface area contributed by atoms with Gasteiger partial charge in [0.1, 0.15) is 0 Å². The fraction of sp³-hybridized carbons (Fsp3) is 0.267. The summed E-state index contributed by atoms with van der Waals surface area (Å²) in [4.78, 5) is 23.1. The molecular formula is C15H17N3O3S. The number of aromatic carboxylic acids is 1. The summed E-state index contributed by atoms with van der Waals surface area (Å²) < 4.78 is 1.44. The van der Waals surface area contributed by atoms with Gasteiger partial charge in [-0.2, -0.15) is 16.9 Å². The smallest absolute Gasteiger partial charge is 0.356 e. The van der Waals surface area contributed by atoms with E-state index >= 15 is 0 Å². The van der Waals surface area contributed by atoms with Gasteiger partial charge < -0.3 is 10.4 Å². The highest BCUT2D eigenvalue weighted by Crippen LogP contribution is 2.20. The molecule has 0 aliphatic rings. The standard InChI is InChI=1S/C15H17N3O3S/c1-10(9-22-2)14(19)16-11-5-3-4-6-13(11)18-8-7-12(17-18)15(20)21/h3-8,10H,9H2,1-2H3,(H,16,19)(H,20,21). The summed E-state index contributed by atoms with van der Waals surface area (Å²) in [6, 6.07) is 8.56. The first-order valence-electron chi connectivity index (χ1n) is 6.71. The van der Waals surface area contributed by atoms with Crippen LogP contribution in [0, 0.1) is 5.92 Å². The zero-order valence-corrected chi connectivity index (χ0v) is 13.1. The molecule has 0 fully saturated rings. The molecule has 1 atom stereocenters. The SMILES string of the molecule is CSCC(C)C(=O)Nc1ccccc1-n1ccc(C(=O)O)n1. The van der Waals surface area contributed by atoms with E-state index in [2.05, 4.69) is 10.4 Å². The van der Waals surface area contributed by atoms with Gasteiger partial charge in [-0.15, -0.1) is 0 Å². The van der Waals surface area contributed by atoms with Crippen molar-refractivity contribution >= 4 is 29.3 Å². The van der Waals surface area contributed by atoms with Crippen LogP contribution in [0.1, 0.15) is 17.4 Å². The van der Waals surface area contributed by atoms with Gasteiger partial charge >= 0.3 is 5.97 Å². The maximum absolute atomic E-state index is 12.2. The van der Waals surface area contributed by atoms with Crippen molar-refractivity contribution in [2.24, 2.45) is 5.92 Å². The van der Waals surface area contributed by atoms with Crippen molar-refractivity contribution < 1.29 is 14.7 Å². The molecule has 1 aromatic heterocycles. The van der Waals surface area contributed by atoms with Crippen LogP contribution in [0.15, 0.2) is 36.5 Å². The zero-order valence-electron chi connectivity index (χ0n) is 12.3.